The number of H-pyrrole nitrogens is 1. The van der Waals surface area contributed by atoms with Crippen molar-refractivity contribution in [1.29, 1.82) is 0 Å². The van der Waals surface area contributed by atoms with Gasteiger partial charge in [0.2, 0.25) is 0 Å². The fourth-order valence-electron chi connectivity index (χ4n) is 11.7. The molecule has 20 aromatic rings. The second-order valence-corrected chi connectivity index (χ2v) is 21.8. The van der Waals surface area contributed by atoms with E-state index in [9.17, 15) is 10.1 Å². The van der Waals surface area contributed by atoms with Gasteiger partial charge in [-0.1, -0.05) is 94.8 Å². The standard InChI is InChI=1S/C17H10N2O3.C17H10N2O.C17H9N2O.C11H6BrNO.C11H7NO.Ir/c20-19(21)14-5-2-1-4-12(14)11-7-8-15-13(10-11)17-16(22-15)6-3-9-18-17;2*1-2-5-12-10(4-1)11-7-8-13-15(16(11)19-12)17-14(20-13)6-3-9-18-17;12-7-3-4-9-8(6-7)11-10(14-9)2-1-5-13-11;1-2-5-9-8(4-1)11-10(13-9)6-3-7-12-11;/h1-10H;1-9,19H;1-9H;1-6H;1-7H;/q;;-1;;;. The van der Waals surface area contributed by atoms with Crippen molar-refractivity contribution >= 4 is 176 Å². The van der Waals surface area contributed by atoms with Crippen molar-refractivity contribution in [3.63, 3.8) is 0 Å². The van der Waals surface area contributed by atoms with Crippen LogP contribution in [0.25, 0.3) is 165 Å². The Labute approximate surface area is 529 Å². The smallest absolute Gasteiger partial charge is 0.277 e. The third-order valence-electron chi connectivity index (χ3n) is 15.6. The number of fused-ring (bicyclic) bond motifs is 23. The maximum atomic E-state index is 11.2. The molecule has 15 nitrogen and oxygen atoms in total. The number of aromatic nitrogens is 7. The van der Waals surface area contributed by atoms with Gasteiger partial charge in [-0.15, -0.1) is 11.0 Å². The molecule has 20 rings (SSSR count). The number of halogens is 1. The van der Waals surface area contributed by atoms with E-state index in [0.29, 0.717) is 11.1 Å². The van der Waals surface area contributed by atoms with Crippen molar-refractivity contribution in [2.45, 2.75) is 0 Å². The van der Waals surface area contributed by atoms with Crippen molar-refractivity contribution in [3.05, 3.63) is 264 Å². The fourth-order valence-corrected chi connectivity index (χ4v) is 12.0. The van der Waals surface area contributed by atoms with E-state index in [4.69, 9.17) is 27.1 Å². The summed E-state index contributed by atoms with van der Waals surface area (Å²) in [6.45, 7) is 0. The summed E-state index contributed by atoms with van der Waals surface area (Å²) < 4.78 is 29.7. The molecule has 0 bridgehead atoms. The van der Waals surface area contributed by atoms with Gasteiger partial charge in [0.1, 0.15) is 55.5 Å². The third kappa shape index (κ3) is 9.79. The van der Waals surface area contributed by atoms with Gasteiger partial charge in [0.05, 0.1) is 21.4 Å². The second kappa shape index (κ2) is 23.1. The normalized spacial score (nSPS) is 11.4. The molecule has 8 aromatic carbocycles. The van der Waals surface area contributed by atoms with E-state index in [1.165, 1.54) is 22.2 Å². The summed E-state index contributed by atoms with van der Waals surface area (Å²) in [5.41, 5.74) is 18.3. The van der Waals surface area contributed by atoms with E-state index in [2.05, 4.69) is 82.2 Å². The van der Waals surface area contributed by atoms with E-state index in [1.807, 2.05) is 158 Å². The summed E-state index contributed by atoms with van der Waals surface area (Å²) in [6, 6.07) is 69.8. The van der Waals surface area contributed by atoms with Crippen molar-refractivity contribution < 1.29 is 47.1 Å². The van der Waals surface area contributed by atoms with Crippen LogP contribution in [0.15, 0.2) is 276 Å². The molecule has 0 aliphatic carbocycles. The Morgan fingerprint density at radius 3 is 1.50 bits per heavy atom. The van der Waals surface area contributed by atoms with E-state index in [-0.39, 0.29) is 30.7 Å². The van der Waals surface area contributed by atoms with Crippen molar-refractivity contribution in [1.82, 2.24) is 34.9 Å². The average molecular weight is 1420 g/mol. The first-order chi connectivity index (χ1) is 43.9. The Morgan fingerprint density at radius 2 is 0.844 bits per heavy atom. The Hall–Kier alpha value is -11.4. The Morgan fingerprint density at radius 1 is 0.389 bits per heavy atom. The van der Waals surface area contributed by atoms with Crippen LogP contribution in [0, 0.1) is 10.1 Å². The van der Waals surface area contributed by atoms with Crippen LogP contribution in [0.2, 0.25) is 0 Å². The van der Waals surface area contributed by atoms with Crippen LogP contribution in [-0.2, 0) is 20.1 Å². The molecule has 90 heavy (non-hydrogen) atoms. The van der Waals surface area contributed by atoms with E-state index in [1.54, 1.807) is 49.2 Å². The minimum atomic E-state index is -0.370. The van der Waals surface area contributed by atoms with Gasteiger partial charge >= 0.3 is 0 Å². The van der Waals surface area contributed by atoms with Crippen LogP contribution in [0.5, 0.6) is 0 Å². The molecule has 0 saturated heterocycles. The van der Waals surface area contributed by atoms with E-state index >= 15 is 0 Å². The number of furan rings is 5. The number of nitrogens with one attached hydrogen (secondary N) is 1. The van der Waals surface area contributed by atoms with Crippen LogP contribution in [-0.4, -0.2) is 34.8 Å². The molecule has 1 N–H and O–H groups in total. The molecular weight excluding hydrogens is 1370 g/mol. The predicted molar refractivity (Wildman–Crippen MR) is 355 cm³/mol. The van der Waals surface area contributed by atoms with Gasteiger partial charge in [0, 0.05) is 99.5 Å². The molecular formula is C73H42BrIrN8O7-. The van der Waals surface area contributed by atoms with Gasteiger partial charge < -0.3 is 32.1 Å². The third-order valence-corrected chi connectivity index (χ3v) is 16.1. The number of aromatic amines is 1. The van der Waals surface area contributed by atoms with Gasteiger partial charge in [-0.3, -0.25) is 35.0 Å². The maximum absolute atomic E-state index is 11.2. The van der Waals surface area contributed by atoms with Gasteiger partial charge in [-0.25, -0.2) is 0 Å². The molecule has 12 heterocycles. The molecule has 0 unspecified atom stereocenters. The van der Waals surface area contributed by atoms with Crippen molar-refractivity contribution in [2.24, 2.45) is 0 Å². The largest absolute Gasteiger partial charge is 0.656 e. The molecule has 0 amide bonds. The molecule has 12 aromatic heterocycles. The molecule has 0 fully saturated rings. The minimum Gasteiger partial charge on any atom is -0.656 e. The Kier molecular flexibility index (Phi) is 14.1. The summed E-state index contributed by atoms with van der Waals surface area (Å²) in [5, 5.41) is 21.0. The number of pyridine rings is 5. The molecule has 0 saturated carbocycles. The molecule has 0 spiro atoms. The van der Waals surface area contributed by atoms with Crippen LogP contribution in [0.1, 0.15) is 0 Å². The predicted octanol–water partition coefficient (Wildman–Crippen LogP) is 20.1. The summed E-state index contributed by atoms with van der Waals surface area (Å²) >= 11 is 3.43. The summed E-state index contributed by atoms with van der Waals surface area (Å²) in [6.07, 6.45) is 8.86. The minimum absolute atomic E-state index is 0. The zero-order chi connectivity index (χ0) is 59.5. The first-order valence-corrected chi connectivity index (χ1v) is 29.1. The summed E-state index contributed by atoms with van der Waals surface area (Å²) in [5.74, 6) is 0. The molecule has 17 heteroatoms. The zero-order valence-corrected chi connectivity index (χ0v) is 50.9. The summed E-state index contributed by atoms with van der Waals surface area (Å²) in [4.78, 5) is 40.9. The van der Waals surface area contributed by atoms with Crippen molar-refractivity contribution in [2.75, 3.05) is 0 Å². The molecule has 433 valence electrons. The number of hydrogen-bond acceptors (Lipinski definition) is 12. The van der Waals surface area contributed by atoms with Crippen LogP contribution >= 0.6 is 15.9 Å². The maximum Gasteiger partial charge on any atom is 0.277 e. The topological polar surface area (TPSA) is 203 Å². The number of rotatable bonds is 2. The number of benzene rings is 8. The van der Waals surface area contributed by atoms with Crippen LogP contribution in [0.3, 0.4) is 0 Å². The fraction of sp³-hybridized carbons (Fsp3) is 0. The van der Waals surface area contributed by atoms with Crippen LogP contribution in [0.4, 0.5) is 5.69 Å². The van der Waals surface area contributed by atoms with Gasteiger partial charge in [-0.05, 0) is 150 Å². The first-order valence-electron chi connectivity index (χ1n) is 28.3. The Bertz CT molecular complexity index is 5890. The SMILES string of the molecule is Brc1ccc2oc3cccnc3c2c1.O=[N+]([O-])c1ccccc1-c1ccc2oc3cccnc3c2c1.[Ir].c1ccc2c(c1)[n-]c1c2ccc2oc3cccnc3c21.c1ccc2c(c1)[nH]c1c2ccc2oc3cccnc3c21.c1ccc2c(c1)oc1cccnc12. The van der Waals surface area contributed by atoms with Gasteiger partial charge in [0.25, 0.3) is 5.69 Å². The number of nitro groups is 1. The second-order valence-electron chi connectivity index (χ2n) is 20.9. The zero-order valence-electron chi connectivity index (χ0n) is 46.9. The van der Waals surface area contributed by atoms with Crippen LogP contribution < -0.4 is 4.98 Å². The molecule has 1 radical (unpaired) electrons. The Balaban J connectivity index is 0.0000000948. The van der Waals surface area contributed by atoms with E-state index < -0.39 is 0 Å². The number of hydrogen-bond donors (Lipinski definition) is 1. The average Bonchev–Trinajstić information content (AvgIpc) is 1.67. The monoisotopic (exact) mass is 1410 g/mol. The van der Waals surface area contributed by atoms with Gasteiger partial charge in [-0.2, -0.15) is 0 Å². The molecule has 0 aliphatic heterocycles. The quantitative estimate of drug-likeness (QED) is 0.127. The van der Waals surface area contributed by atoms with E-state index in [0.717, 1.165) is 142 Å². The molecule has 0 atom stereocenters. The number of nitro benzene ring substituents is 1. The summed E-state index contributed by atoms with van der Waals surface area (Å²) in [7, 11) is 0. The first kappa shape index (κ1) is 55.2. The number of nitrogens with zero attached hydrogens (tertiary/aromatic N) is 7. The molecule has 0 aliphatic rings. The van der Waals surface area contributed by atoms with Gasteiger partial charge in [0.15, 0.2) is 27.9 Å². The van der Waals surface area contributed by atoms with Crippen molar-refractivity contribution in [3.8, 4) is 11.1 Å². The number of para-hydroxylation sites is 4.